The Morgan fingerprint density at radius 3 is 3.05 bits per heavy atom. The smallest absolute Gasteiger partial charge is 0.354 e. The fourth-order valence-electron chi connectivity index (χ4n) is 2.15. The maximum Gasteiger partial charge on any atom is 0.354 e. The van der Waals surface area contributed by atoms with Crippen LogP contribution in [0.25, 0.3) is 0 Å². The molecule has 21 heavy (non-hydrogen) atoms. The molecule has 2 rings (SSSR count). The summed E-state index contributed by atoms with van der Waals surface area (Å²) in [6.45, 7) is 5.44. The zero-order valence-corrected chi connectivity index (χ0v) is 11.5. The molecule has 1 aliphatic heterocycles. The first-order chi connectivity index (χ1) is 10.1. The second-order valence-electron chi connectivity index (χ2n) is 4.36. The van der Waals surface area contributed by atoms with Crippen molar-refractivity contribution in [1.29, 1.82) is 0 Å². The molecule has 1 aliphatic rings. The quantitative estimate of drug-likeness (QED) is 0.846. The maximum absolute atomic E-state index is 13.7. The summed E-state index contributed by atoms with van der Waals surface area (Å²) >= 11 is 0. The molecule has 1 unspecified atom stereocenters. The van der Waals surface area contributed by atoms with E-state index < -0.39 is 17.8 Å². The van der Waals surface area contributed by atoms with Crippen LogP contribution in [0.15, 0.2) is 54.6 Å². The van der Waals surface area contributed by atoms with E-state index in [1.165, 1.54) is 29.0 Å². The first kappa shape index (κ1) is 14.8. The van der Waals surface area contributed by atoms with Crippen molar-refractivity contribution in [2.24, 2.45) is 0 Å². The minimum absolute atomic E-state index is 0.0102. The molecule has 0 bridgehead atoms. The van der Waals surface area contributed by atoms with Gasteiger partial charge >= 0.3 is 5.97 Å². The van der Waals surface area contributed by atoms with Crippen molar-refractivity contribution in [2.45, 2.75) is 13.0 Å². The summed E-state index contributed by atoms with van der Waals surface area (Å²) in [5, 5.41) is 9.18. The molecule has 1 atom stereocenters. The van der Waals surface area contributed by atoms with Gasteiger partial charge in [-0.15, -0.1) is 0 Å². The molecule has 0 fully saturated rings. The lowest BCUT2D eigenvalue weighted by Crippen LogP contribution is -2.15. The number of ether oxygens (including phenoxy) is 1. The number of rotatable bonds is 5. The van der Waals surface area contributed by atoms with Crippen LogP contribution in [0.1, 0.15) is 23.5 Å². The SMILES string of the molecule is C=C\C=C(F)/C=C(\C=C/C)C1COc2ncc(C(=O)O)n21. The molecule has 1 aromatic rings. The van der Waals surface area contributed by atoms with Crippen LogP contribution in [0.5, 0.6) is 6.01 Å². The molecule has 0 saturated carbocycles. The number of hydrogen-bond donors (Lipinski definition) is 1. The van der Waals surface area contributed by atoms with Gasteiger partial charge in [0.15, 0.2) is 5.69 Å². The van der Waals surface area contributed by atoms with E-state index in [0.29, 0.717) is 5.57 Å². The molecular weight excluding hydrogens is 275 g/mol. The Hall–Kier alpha value is -2.63. The van der Waals surface area contributed by atoms with Crippen molar-refractivity contribution in [2.75, 3.05) is 6.61 Å². The van der Waals surface area contributed by atoms with E-state index in [9.17, 15) is 14.3 Å². The van der Waals surface area contributed by atoms with Gasteiger partial charge in [0, 0.05) is 0 Å². The first-order valence-electron chi connectivity index (χ1n) is 6.34. The van der Waals surface area contributed by atoms with E-state index in [1.54, 1.807) is 19.1 Å². The topological polar surface area (TPSA) is 64.3 Å². The van der Waals surface area contributed by atoms with Crippen LogP contribution in [0, 0.1) is 0 Å². The summed E-state index contributed by atoms with van der Waals surface area (Å²) in [7, 11) is 0. The van der Waals surface area contributed by atoms with Gasteiger partial charge in [0.25, 0.3) is 6.01 Å². The Bertz CT molecular complexity index is 656. The molecule has 0 amide bonds. The van der Waals surface area contributed by atoms with Crippen molar-refractivity contribution in [1.82, 2.24) is 9.55 Å². The minimum Gasteiger partial charge on any atom is -0.477 e. The fourth-order valence-corrected chi connectivity index (χ4v) is 2.15. The van der Waals surface area contributed by atoms with E-state index in [1.807, 2.05) is 0 Å². The Balaban J connectivity index is 2.47. The molecule has 0 aliphatic carbocycles. The van der Waals surface area contributed by atoms with Gasteiger partial charge in [-0.1, -0.05) is 24.8 Å². The zero-order valence-electron chi connectivity index (χ0n) is 11.5. The molecular formula is C15H15FN2O3. The lowest BCUT2D eigenvalue weighted by atomic mass is 10.1. The van der Waals surface area contributed by atoms with Gasteiger partial charge in [0.2, 0.25) is 0 Å². The second-order valence-corrected chi connectivity index (χ2v) is 4.36. The van der Waals surface area contributed by atoms with Gasteiger partial charge < -0.3 is 9.84 Å². The Kier molecular flexibility index (Phi) is 4.37. The number of aromatic nitrogens is 2. The monoisotopic (exact) mass is 290 g/mol. The average Bonchev–Trinajstić information content (AvgIpc) is 2.99. The van der Waals surface area contributed by atoms with Crippen molar-refractivity contribution < 1.29 is 19.0 Å². The zero-order chi connectivity index (χ0) is 15.4. The number of fused-ring (bicyclic) bond motifs is 1. The standard InChI is InChI=1S/C15H15FN2O3/c1-3-5-10(7-11(16)6-4-2)13-9-21-15-17-8-12(14(19)20)18(13)15/h3-8,13H,2,9H2,1H3,(H,19,20)/b5-3-,10-7+,11-6+. The number of carbonyl (C=O) groups is 1. The van der Waals surface area contributed by atoms with Gasteiger partial charge in [-0.25, -0.2) is 14.2 Å². The largest absolute Gasteiger partial charge is 0.477 e. The Labute approximate surface area is 121 Å². The number of halogens is 1. The van der Waals surface area contributed by atoms with Crippen LogP contribution < -0.4 is 4.74 Å². The molecule has 110 valence electrons. The number of carboxylic acids is 1. The number of allylic oxidation sites excluding steroid dienone is 6. The highest BCUT2D eigenvalue weighted by atomic mass is 19.1. The fraction of sp³-hybridized carbons (Fsp3) is 0.200. The van der Waals surface area contributed by atoms with Gasteiger partial charge in [0.05, 0.1) is 12.2 Å². The van der Waals surface area contributed by atoms with Crippen molar-refractivity contribution in [3.05, 3.63) is 60.2 Å². The molecule has 0 saturated heterocycles. The highest BCUT2D eigenvalue weighted by Crippen LogP contribution is 2.33. The lowest BCUT2D eigenvalue weighted by molar-refractivity contribution is 0.0684. The number of imidazole rings is 1. The third kappa shape index (κ3) is 2.94. The molecule has 6 heteroatoms. The summed E-state index contributed by atoms with van der Waals surface area (Å²) in [4.78, 5) is 15.1. The van der Waals surface area contributed by atoms with Crippen LogP contribution in [0.2, 0.25) is 0 Å². The van der Waals surface area contributed by atoms with Crippen LogP contribution in [-0.4, -0.2) is 27.2 Å². The normalized spacial score (nSPS) is 18.7. The Morgan fingerprint density at radius 2 is 2.43 bits per heavy atom. The third-order valence-electron chi connectivity index (χ3n) is 2.99. The van der Waals surface area contributed by atoms with Gasteiger partial charge in [-0.3, -0.25) is 4.57 Å². The van der Waals surface area contributed by atoms with Gasteiger partial charge in [-0.2, -0.15) is 0 Å². The maximum atomic E-state index is 13.7. The highest BCUT2D eigenvalue weighted by molar-refractivity contribution is 5.86. The van der Waals surface area contributed by atoms with Crippen LogP contribution >= 0.6 is 0 Å². The van der Waals surface area contributed by atoms with Gasteiger partial charge in [0.1, 0.15) is 12.4 Å². The number of hydrogen-bond acceptors (Lipinski definition) is 3. The van der Waals surface area contributed by atoms with E-state index in [0.717, 1.165) is 0 Å². The van der Waals surface area contributed by atoms with Crippen LogP contribution in [0.4, 0.5) is 4.39 Å². The number of nitrogens with zero attached hydrogens (tertiary/aromatic N) is 2. The van der Waals surface area contributed by atoms with Crippen molar-refractivity contribution in [3.8, 4) is 6.01 Å². The first-order valence-corrected chi connectivity index (χ1v) is 6.34. The molecule has 1 N–H and O–H groups in total. The lowest BCUT2D eigenvalue weighted by Gasteiger charge is -2.13. The molecule has 2 heterocycles. The average molecular weight is 290 g/mol. The minimum atomic E-state index is -1.11. The predicted octanol–water partition coefficient (Wildman–Crippen LogP) is 3.06. The van der Waals surface area contributed by atoms with E-state index in [2.05, 4.69) is 11.6 Å². The number of aromatic carboxylic acids is 1. The van der Waals surface area contributed by atoms with Crippen LogP contribution in [0.3, 0.4) is 0 Å². The predicted molar refractivity (Wildman–Crippen MR) is 76.0 cm³/mol. The van der Waals surface area contributed by atoms with E-state index in [4.69, 9.17) is 4.74 Å². The van der Waals surface area contributed by atoms with Crippen molar-refractivity contribution in [3.63, 3.8) is 0 Å². The number of carboxylic acid groups (broad SMARTS) is 1. The second kappa shape index (κ2) is 6.21. The molecule has 1 aromatic heterocycles. The van der Waals surface area contributed by atoms with E-state index in [-0.39, 0.29) is 18.3 Å². The van der Waals surface area contributed by atoms with E-state index >= 15 is 0 Å². The molecule has 0 radical (unpaired) electrons. The van der Waals surface area contributed by atoms with Crippen molar-refractivity contribution >= 4 is 5.97 Å². The molecule has 0 aromatic carbocycles. The molecule has 0 spiro atoms. The van der Waals surface area contributed by atoms with Crippen LogP contribution in [-0.2, 0) is 0 Å². The highest BCUT2D eigenvalue weighted by Gasteiger charge is 2.31. The summed E-state index contributed by atoms with van der Waals surface area (Å²) < 4.78 is 20.5. The summed E-state index contributed by atoms with van der Waals surface area (Å²) in [6.07, 6.45) is 8.60. The van der Waals surface area contributed by atoms with Gasteiger partial charge in [-0.05, 0) is 24.6 Å². The molecule has 5 nitrogen and oxygen atoms in total. The summed E-state index contributed by atoms with van der Waals surface area (Å²) in [5.41, 5.74) is 0.600. The third-order valence-corrected chi connectivity index (χ3v) is 2.99. The summed E-state index contributed by atoms with van der Waals surface area (Å²) in [5.74, 6) is -1.57. The summed E-state index contributed by atoms with van der Waals surface area (Å²) in [6, 6.07) is -0.213. The Morgan fingerprint density at radius 1 is 1.67 bits per heavy atom.